The SMILES string of the molecule is CC(C)CCCCCCCCN/C(CCCCCCC(NC(C)C)=C1C(=O)CC(C)(C)CC1=O)=C1\CC(C=O)C(C)(C)CC1=O. The molecule has 2 rings (SSSR count). The van der Waals surface area contributed by atoms with Crippen molar-refractivity contribution in [2.75, 3.05) is 6.54 Å². The summed E-state index contributed by atoms with van der Waals surface area (Å²) in [5, 5.41) is 7.07. The van der Waals surface area contributed by atoms with Gasteiger partial charge in [0.2, 0.25) is 0 Å². The molecular formula is C39H66N2O4. The van der Waals surface area contributed by atoms with Crippen molar-refractivity contribution in [2.45, 2.75) is 171 Å². The molecule has 2 fully saturated rings. The smallest absolute Gasteiger partial charge is 0.168 e. The van der Waals surface area contributed by atoms with E-state index >= 15 is 0 Å². The highest BCUT2D eigenvalue weighted by atomic mass is 16.2. The standard InChI is InChI=1S/C39H66N2O4/c1-28(2)19-15-11-9-10-14-18-22-40-32(31-23-30(27-42)39(7,8)26-34(31)43)20-16-12-13-17-21-33(41-29(3)4)37-35(44)24-38(5,6)25-36(37)45/h27-30,40-41H,9-26H2,1-8H3/b32-31+. The van der Waals surface area contributed by atoms with E-state index in [1.807, 2.05) is 41.5 Å². The molecule has 0 radical (unpaired) electrons. The number of nitrogens with one attached hydrogen (secondary N) is 2. The molecule has 1 unspecified atom stereocenters. The fourth-order valence-electron chi connectivity index (χ4n) is 6.93. The number of allylic oxidation sites excluding steroid dienone is 4. The van der Waals surface area contributed by atoms with Gasteiger partial charge in [-0.25, -0.2) is 0 Å². The molecule has 2 aliphatic rings. The average Bonchev–Trinajstić information content (AvgIpc) is 2.91. The summed E-state index contributed by atoms with van der Waals surface area (Å²) in [5.41, 5.74) is 2.54. The van der Waals surface area contributed by atoms with E-state index in [1.54, 1.807) is 0 Å². The molecule has 2 saturated carbocycles. The molecule has 45 heavy (non-hydrogen) atoms. The van der Waals surface area contributed by atoms with Gasteiger partial charge in [-0.05, 0) is 69.1 Å². The molecule has 0 aromatic heterocycles. The Bertz CT molecular complexity index is 1040. The predicted octanol–water partition coefficient (Wildman–Crippen LogP) is 8.97. The largest absolute Gasteiger partial charge is 0.388 e. The van der Waals surface area contributed by atoms with Crippen molar-refractivity contribution < 1.29 is 19.2 Å². The summed E-state index contributed by atoms with van der Waals surface area (Å²) >= 11 is 0. The topological polar surface area (TPSA) is 92.3 Å². The Labute approximate surface area is 275 Å². The van der Waals surface area contributed by atoms with Crippen LogP contribution in [0.25, 0.3) is 0 Å². The Balaban J connectivity index is 1.95. The second-order valence-corrected chi connectivity index (χ2v) is 16.2. The van der Waals surface area contributed by atoms with Gasteiger partial charge < -0.3 is 15.4 Å². The Kier molecular flexibility index (Phi) is 16.3. The second-order valence-electron chi connectivity index (χ2n) is 16.2. The average molecular weight is 627 g/mol. The summed E-state index contributed by atoms with van der Waals surface area (Å²) in [4.78, 5) is 51.1. The van der Waals surface area contributed by atoms with E-state index in [0.717, 1.165) is 74.2 Å². The van der Waals surface area contributed by atoms with Gasteiger partial charge in [-0.1, -0.05) is 92.9 Å². The Morgan fingerprint density at radius 1 is 0.733 bits per heavy atom. The number of hydrogen-bond donors (Lipinski definition) is 2. The Hall–Kier alpha value is -2.24. The van der Waals surface area contributed by atoms with Gasteiger partial charge in [0, 0.05) is 54.7 Å². The van der Waals surface area contributed by atoms with Crippen LogP contribution >= 0.6 is 0 Å². The molecule has 0 amide bonds. The van der Waals surface area contributed by atoms with Crippen molar-refractivity contribution in [3.63, 3.8) is 0 Å². The number of ketones is 3. The maximum Gasteiger partial charge on any atom is 0.168 e. The number of unbranched alkanes of at least 4 members (excludes halogenated alkanes) is 8. The molecular weight excluding hydrogens is 560 g/mol. The lowest BCUT2D eigenvalue weighted by atomic mass is 9.67. The van der Waals surface area contributed by atoms with Crippen LogP contribution in [0.5, 0.6) is 0 Å². The summed E-state index contributed by atoms with van der Waals surface area (Å²) in [6, 6.07) is 0.154. The van der Waals surface area contributed by atoms with Crippen LogP contribution < -0.4 is 10.6 Å². The number of carbonyl (C=O) groups is 4. The van der Waals surface area contributed by atoms with Gasteiger partial charge in [-0.15, -0.1) is 0 Å². The van der Waals surface area contributed by atoms with E-state index in [9.17, 15) is 19.2 Å². The first-order chi connectivity index (χ1) is 21.2. The third-order valence-corrected chi connectivity index (χ3v) is 9.66. The molecule has 6 nitrogen and oxygen atoms in total. The zero-order chi connectivity index (χ0) is 33.6. The summed E-state index contributed by atoms with van der Waals surface area (Å²) in [6.07, 6.45) is 17.0. The van der Waals surface area contributed by atoms with Crippen LogP contribution in [0.2, 0.25) is 0 Å². The lowest BCUT2D eigenvalue weighted by Gasteiger charge is -2.36. The van der Waals surface area contributed by atoms with E-state index in [2.05, 4.69) is 24.5 Å². The highest BCUT2D eigenvalue weighted by Crippen LogP contribution is 2.41. The third kappa shape index (κ3) is 13.6. The van der Waals surface area contributed by atoms with Gasteiger partial charge in [-0.3, -0.25) is 14.4 Å². The first kappa shape index (κ1) is 38.9. The third-order valence-electron chi connectivity index (χ3n) is 9.66. The molecule has 0 bridgehead atoms. The Morgan fingerprint density at radius 2 is 1.27 bits per heavy atom. The van der Waals surface area contributed by atoms with Gasteiger partial charge in [0.15, 0.2) is 17.3 Å². The molecule has 0 aromatic rings. The highest BCUT2D eigenvalue weighted by molar-refractivity contribution is 6.22. The van der Waals surface area contributed by atoms with E-state index in [0.29, 0.717) is 37.7 Å². The van der Waals surface area contributed by atoms with Crippen molar-refractivity contribution in [3.8, 4) is 0 Å². The summed E-state index contributed by atoms with van der Waals surface area (Å²) in [7, 11) is 0. The maximum atomic E-state index is 13.3. The first-order valence-corrected chi connectivity index (χ1v) is 18.2. The van der Waals surface area contributed by atoms with Gasteiger partial charge >= 0.3 is 0 Å². The first-order valence-electron chi connectivity index (χ1n) is 18.2. The van der Waals surface area contributed by atoms with E-state index < -0.39 is 0 Å². The van der Waals surface area contributed by atoms with Crippen LogP contribution in [0.1, 0.15) is 165 Å². The van der Waals surface area contributed by atoms with E-state index in [4.69, 9.17) is 0 Å². The Morgan fingerprint density at radius 3 is 1.82 bits per heavy atom. The van der Waals surface area contributed by atoms with Gasteiger partial charge in [-0.2, -0.15) is 0 Å². The lowest BCUT2D eigenvalue weighted by Crippen LogP contribution is -2.36. The molecule has 0 aromatic carbocycles. The van der Waals surface area contributed by atoms with Gasteiger partial charge in [0.25, 0.3) is 0 Å². The molecule has 2 aliphatic carbocycles. The predicted molar refractivity (Wildman–Crippen MR) is 186 cm³/mol. The van der Waals surface area contributed by atoms with Crippen molar-refractivity contribution in [3.05, 3.63) is 22.5 Å². The van der Waals surface area contributed by atoms with Gasteiger partial charge in [0.05, 0.1) is 5.57 Å². The molecule has 2 N–H and O–H groups in total. The summed E-state index contributed by atoms with van der Waals surface area (Å²) in [5.74, 6) is 0.786. The minimum Gasteiger partial charge on any atom is -0.388 e. The van der Waals surface area contributed by atoms with Crippen molar-refractivity contribution in [1.29, 1.82) is 0 Å². The monoisotopic (exact) mass is 627 g/mol. The molecule has 0 aliphatic heterocycles. The van der Waals surface area contributed by atoms with Crippen molar-refractivity contribution in [1.82, 2.24) is 10.6 Å². The number of aldehydes is 1. The second kappa shape index (κ2) is 18.8. The van der Waals surface area contributed by atoms with E-state index in [1.165, 1.54) is 38.5 Å². The van der Waals surface area contributed by atoms with Crippen LogP contribution in [-0.2, 0) is 19.2 Å². The maximum absolute atomic E-state index is 13.3. The zero-order valence-electron chi connectivity index (χ0n) is 30.2. The van der Waals surface area contributed by atoms with Crippen LogP contribution in [0, 0.1) is 22.7 Å². The number of Topliss-reactive ketones (excluding diaryl/α,β-unsaturated/α-hetero) is 3. The van der Waals surface area contributed by atoms with Crippen LogP contribution in [0.4, 0.5) is 0 Å². The minimum atomic E-state index is -0.296. The molecule has 0 spiro atoms. The van der Waals surface area contributed by atoms with Crippen LogP contribution in [0.15, 0.2) is 22.5 Å². The number of hydrogen-bond acceptors (Lipinski definition) is 6. The number of rotatable bonds is 20. The summed E-state index contributed by atoms with van der Waals surface area (Å²) in [6.45, 7) is 17.6. The van der Waals surface area contributed by atoms with E-state index in [-0.39, 0.29) is 40.1 Å². The molecule has 6 heteroatoms. The fraction of sp³-hybridized carbons (Fsp3) is 0.795. The highest BCUT2D eigenvalue weighted by Gasteiger charge is 2.40. The normalized spacial score (nSPS) is 21.0. The van der Waals surface area contributed by atoms with Gasteiger partial charge in [0.1, 0.15) is 6.29 Å². The molecule has 1 atom stereocenters. The van der Waals surface area contributed by atoms with Crippen LogP contribution in [0.3, 0.4) is 0 Å². The molecule has 0 heterocycles. The van der Waals surface area contributed by atoms with Crippen LogP contribution in [-0.4, -0.2) is 36.2 Å². The van der Waals surface area contributed by atoms with Crippen molar-refractivity contribution in [2.24, 2.45) is 22.7 Å². The lowest BCUT2D eigenvalue weighted by molar-refractivity contribution is -0.128. The fourth-order valence-corrected chi connectivity index (χ4v) is 6.93. The van der Waals surface area contributed by atoms with Crippen molar-refractivity contribution >= 4 is 23.6 Å². The number of carbonyl (C=O) groups excluding carboxylic acids is 4. The molecule has 256 valence electrons. The summed E-state index contributed by atoms with van der Waals surface area (Å²) < 4.78 is 0. The molecule has 0 saturated heterocycles. The zero-order valence-corrected chi connectivity index (χ0v) is 30.2. The minimum absolute atomic E-state index is 0.0261. The quantitative estimate of drug-likeness (QED) is 0.0607.